The number of rotatable bonds is 2. The summed E-state index contributed by atoms with van der Waals surface area (Å²) >= 11 is 0. The highest BCUT2D eigenvalue weighted by atomic mass is 16.4. The molecule has 0 spiro atoms. The van der Waals surface area contributed by atoms with Crippen molar-refractivity contribution in [3.8, 4) is 0 Å². The summed E-state index contributed by atoms with van der Waals surface area (Å²) in [5.41, 5.74) is 2.14. The molecule has 5 rings (SSSR count). The molecule has 0 bridgehead atoms. The third-order valence-electron chi connectivity index (χ3n) is 12.9. The van der Waals surface area contributed by atoms with Gasteiger partial charge in [0.25, 0.3) is 0 Å². The van der Waals surface area contributed by atoms with Gasteiger partial charge in [-0.25, -0.2) is 0 Å². The first-order valence-corrected chi connectivity index (χ1v) is 13.7. The van der Waals surface area contributed by atoms with Crippen LogP contribution in [0.25, 0.3) is 0 Å². The number of aliphatic hydroxyl groups excluding tert-OH is 2. The third kappa shape index (κ3) is 2.82. The number of hydrogen-bond donors (Lipinski definition) is 3. The van der Waals surface area contributed by atoms with Crippen LogP contribution in [0.15, 0.2) is 23.3 Å². The lowest BCUT2D eigenvalue weighted by Gasteiger charge is -2.68. The van der Waals surface area contributed by atoms with E-state index in [1.807, 2.05) is 6.92 Å². The van der Waals surface area contributed by atoms with Crippen LogP contribution in [0, 0.1) is 44.3 Å². The minimum Gasteiger partial charge on any atom is -0.481 e. The van der Waals surface area contributed by atoms with Crippen LogP contribution < -0.4 is 0 Å². The number of carbonyl (C=O) groups is 1. The summed E-state index contributed by atoms with van der Waals surface area (Å²) in [4.78, 5) is 12.2. The number of allylic oxidation sites excluding steroid dienone is 4. The number of aliphatic hydroxyl groups is 2. The Bertz CT molecular complexity index is 967. The Hall–Kier alpha value is -1.13. The van der Waals surface area contributed by atoms with Crippen molar-refractivity contribution in [1.29, 1.82) is 0 Å². The van der Waals surface area contributed by atoms with Crippen molar-refractivity contribution in [3.05, 3.63) is 23.3 Å². The predicted octanol–water partition coefficient (Wildman–Crippen LogP) is 6.13. The minimum atomic E-state index is -0.641. The van der Waals surface area contributed by atoms with Crippen LogP contribution in [-0.2, 0) is 4.79 Å². The lowest BCUT2D eigenvalue weighted by Crippen LogP contribution is -2.62. The van der Waals surface area contributed by atoms with Gasteiger partial charge in [0, 0.05) is 5.41 Å². The van der Waals surface area contributed by atoms with E-state index < -0.39 is 22.9 Å². The van der Waals surface area contributed by atoms with Gasteiger partial charge >= 0.3 is 5.97 Å². The summed E-state index contributed by atoms with van der Waals surface area (Å²) in [6.45, 7) is 13.9. The predicted molar refractivity (Wildman–Crippen MR) is 134 cm³/mol. The Morgan fingerprint density at radius 2 is 1.59 bits per heavy atom. The van der Waals surface area contributed by atoms with Crippen LogP contribution in [0.5, 0.6) is 0 Å². The SMILES string of the molecule is CC1(C(=O)O)CCC2(C)CCC3(C)C(=CC=C4C5(C)CCC(O)C(C)(CO)C5CCC43C)C2C1. The highest BCUT2D eigenvalue weighted by Gasteiger charge is 2.66. The van der Waals surface area contributed by atoms with Crippen LogP contribution in [0.3, 0.4) is 0 Å². The van der Waals surface area contributed by atoms with Gasteiger partial charge in [0.1, 0.15) is 0 Å². The van der Waals surface area contributed by atoms with Crippen LogP contribution >= 0.6 is 0 Å². The maximum atomic E-state index is 12.2. The van der Waals surface area contributed by atoms with E-state index in [2.05, 4.69) is 46.8 Å². The standard InChI is InChI=1S/C30H46O4/c1-25-13-14-26(2,24(33)34)17-20(25)19-7-8-22-27(3)11-10-23(32)28(4,18-31)21(27)9-12-30(22,6)29(19,5)16-15-25/h7-8,20-21,23,31-32H,9-18H2,1-6H3,(H,33,34). The topological polar surface area (TPSA) is 77.8 Å². The molecule has 5 aliphatic carbocycles. The van der Waals surface area contributed by atoms with Gasteiger partial charge < -0.3 is 15.3 Å². The monoisotopic (exact) mass is 470 g/mol. The minimum absolute atomic E-state index is 0.0255. The number of aliphatic carboxylic acids is 1. The van der Waals surface area contributed by atoms with E-state index in [4.69, 9.17) is 0 Å². The van der Waals surface area contributed by atoms with Crippen molar-refractivity contribution in [2.24, 2.45) is 44.3 Å². The Kier molecular flexibility index (Phi) is 5.21. The van der Waals surface area contributed by atoms with Crippen LogP contribution in [0.2, 0.25) is 0 Å². The van der Waals surface area contributed by atoms with Gasteiger partial charge in [-0.1, -0.05) is 57.9 Å². The quantitative estimate of drug-likeness (QED) is 0.454. The van der Waals surface area contributed by atoms with E-state index >= 15 is 0 Å². The number of carboxylic acid groups (broad SMARTS) is 1. The first-order valence-electron chi connectivity index (χ1n) is 13.7. The van der Waals surface area contributed by atoms with Crippen molar-refractivity contribution >= 4 is 5.97 Å². The zero-order chi connectivity index (χ0) is 24.9. The molecule has 4 heteroatoms. The molecule has 3 N–H and O–H groups in total. The maximum Gasteiger partial charge on any atom is 0.309 e. The molecule has 4 saturated carbocycles. The zero-order valence-electron chi connectivity index (χ0n) is 22.2. The number of fused-ring (bicyclic) bond motifs is 7. The fourth-order valence-electron chi connectivity index (χ4n) is 9.88. The molecular formula is C30H46O4. The average molecular weight is 471 g/mol. The summed E-state index contributed by atoms with van der Waals surface area (Å²) in [5, 5.41) is 31.3. The van der Waals surface area contributed by atoms with E-state index in [-0.39, 0.29) is 34.2 Å². The van der Waals surface area contributed by atoms with E-state index in [1.54, 1.807) is 0 Å². The summed E-state index contributed by atoms with van der Waals surface area (Å²) in [5.74, 6) is -0.0552. The van der Waals surface area contributed by atoms with Gasteiger partial charge in [-0.3, -0.25) is 4.79 Å². The first-order chi connectivity index (χ1) is 15.7. The number of hydrogen-bond acceptors (Lipinski definition) is 3. The van der Waals surface area contributed by atoms with Gasteiger partial charge in [-0.05, 0) is 98.2 Å². The second kappa shape index (κ2) is 7.22. The molecule has 9 unspecified atom stereocenters. The normalized spacial score (nSPS) is 54.5. The van der Waals surface area contributed by atoms with Gasteiger partial charge in [0.05, 0.1) is 18.1 Å². The zero-order valence-corrected chi connectivity index (χ0v) is 22.2. The lowest BCUT2D eigenvalue weighted by molar-refractivity contribution is -0.157. The summed E-state index contributed by atoms with van der Waals surface area (Å²) in [6.07, 6.45) is 13.0. The Morgan fingerprint density at radius 3 is 2.24 bits per heavy atom. The highest BCUT2D eigenvalue weighted by Crippen LogP contribution is 2.74. The third-order valence-corrected chi connectivity index (χ3v) is 12.9. The lowest BCUT2D eigenvalue weighted by atomic mass is 9.36. The van der Waals surface area contributed by atoms with Crippen molar-refractivity contribution in [1.82, 2.24) is 0 Å². The first kappa shape index (κ1) is 24.6. The molecule has 0 aromatic heterocycles. The molecular weight excluding hydrogens is 424 g/mol. The molecule has 0 aliphatic heterocycles. The van der Waals surface area contributed by atoms with E-state index in [1.165, 1.54) is 11.1 Å². The molecule has 0 aromatic rings. The Morgan fingerprint density at radius 1 is 0.912 bits per heavy atom. The van der Waals surface area contributed by atoms with Gasteiger partial charge in [0.15, 0.2) is 0 Å². The van der Waals surface area contributed by atoms with Crippen molar-refractivity contribution in [3.63, 3.8) is 0 Å². The number of carboxylic acids is 1. The molecule has 9 atom stereocenters. The summed E-state index contributed by atoms with van der Waals surface area (Å²) in [7, 11) is 0. The Labute approximate surface area is 205 Å². The molecule has 34 heavy (non-hydrogen) atoms. The van der Waals surface area contributed by atoms with Crippen molar-refractivity contribution in [2.45, 2.75) is 105 Å². The van der Waals surface area contributed by atoms with Gasteiger partial charge in [0.2, 0.25) is 0 Å². The molecule has 190 valence electrons. The van der Waals surface area contributed by atoms with Crippen LogP contribution in [-0.4, -0.2) is 34.0 Å². The Balaban J connectivity index is 1.62. The second-order valence-corrected chi connectivity index (χ2v) is 14.4. The fourth-order valence-corrected chi connectivity index (χ4v) is 9.88. The van der Waals surface area contributed by atoms with Crippen molar-refractivity contribution in [2.75, 3.05) is 6.61 Å². The molecule has 0 aromatic carbocycles. The van der Waals surface area contributed by atoms with Gasteiger partial charge in [-0.2, -0.15) is 0 Å². The highest BCUT2D eigenvalue weighted by molar-refractivity contribution is 5.74. The van der Waals surface area contributed by atoms with E-state index in [0.29, 0.717) is 5.92 Å². The molecule has 0 radical (unpaired) electrons. The second-order valence-electron chi connectivity index (χ2n) is 14.4. The van der Waals surface area contributed by atoms with E-state index in [9.17, 15) is 20.1 Å². The summed E-state index contributed by atoms with van der Waals surface area (Å²) < 4.78 is 0. The van der Waals surface area contributed by atoms with Crippen molar-refractivity contribution < 1.29 is 20.1 Å². The average Bonchev–Trinajstić information content (AvgIpc) is 2.78. The molecule has 4 fully saturated rings. The molecule has 0 saturated heterocycles. The molecule has 4 nitrogen and oxygen atoms in total. The summed E-state index contributed by atoms with van der Waals surface area (Å²) in [6, 6.07) is 0. The molecule has 0 heterocycles. The van der Waals surface area contributed by atoms with Crippen LogP contribution in [0.1, 0.15) is 99.3 Å². The maximum absolute atomic E-state index is 12.2. The van der Waals surface area contributed by atoms with Crippen LogP contribution in [0.4, 0.5) is 0 Å². The smallest absolute Gasteiger partial charge is 0.309 e. The molecule has 5 aliphatic rings. The largest absolute Gasteiger partial charge is 0.481 e. The van der Waals surface area contributed by atoms with E-state index in [0.717, 1.165) is 57.8 Å². The fraction of sp³-hybridized carbons (Fsp3) is 0.833. The molecule has 0 amide bonds. The van der Waals surface area contributed by atoms with Gasteiger partial charge in [-0.15, -0.1) is 0 Å².